The fourth-order valence-corrected chi connectivity index (χ4v) is 12.3. The molecule has 0 aromatic heterocycles. The third kappa shape index (κ3) is 83.4. The predicted octanol–water partition coefficient (Wildman–Crippen LogP) is 25.3. The monoisotopic (exact) mass is 1560 g/mol. The van der Waals surface area contributed by atoms with Gasteiger partial charge in [-0.05, 0) is 161 Å². The first-order valence-electron chi connectivity index (χ1n) is 42.1. The van der Waals surface area contributed by atoms with Crippen LogP contribution in [0.5, 0.6) is 0 Å². The Morgan fingerprint density at radius 1 is 0.266 bits per heavy atom. The van der Waals surface area contributed by atoms with Crippen molar-refractivity contribution in [2.45, 2.75) is 334 Å². The molecule has 620 valence electrons. The zero-order valence-electron chi connectivity index (χ0n) is 67.9. The van der Waals surface area contributed by atoms with Crippen molar-refractivity contribution in [3.8, 4) is 0 Å². The quantitative estimate of drug-likeness (QED) is 0.0146. The van der Waals surface area contributed by atoms with Crippen molar-refractivity contribution in [3.63, 3.8) is 0 Å². The van der Waals surface area contributed by atoms with Gasteiger partial charge in [0, 0.05) is 19.3 Å². The highest BCUT2D eigenvalue weighted by Crippen LogP contribution is 2.45. The Balaban J connectivity index is 4.68. The van der Waals surface area contributed by atoms with Crippen molar-refractivity contribution < 1.29 is 75.8 Å². The van der Waals surface area contributed by atoms with Gasteiger partial charge in [-0.15, -0.1) is 0 Å². The van der Waals surface area contributed by atoms with Crippen molar-refractivity contribution in [2.24, 2.45) is 0 Å². The molecule has 0 aliphatic heterocycles. The Labute approximate surface area is 662 Å². The van der Waals surface area contributed by atoms with Gasteiger partial charge in [-0.25, -0.2) is 9.13 Å². The molecule has 0 aliphatic carbocycles. The summed E-state index contributed by atoms with van der Waals surface area (Å²) in [5.74, 6) is -1.63. The number of unbranched alkanes of at least 4 members (excludes halogenated alkanes) is 25. The van der Waals surface area contributed by atoms with Crippen LogP contribution in [0.4, 0.5) is 0 Å². The standard InChI is InChI=1S/C91H150O16P2/c1-4-7-10-13-16-19-22-25-28-31-34-37-39-40-41-42-43-44-46-49-50-53-56-59-62-65-68-71-74-77-89(94)101-80-86(92)81-103-108(97,98)104-82-87(93)83-105-109(99,100)106-85-88(107-91(96)79-76-73-70-67-64-61-58-55-52-47-36-33-30-27-24-21-18-15-12-9-6-3)84-102-90(95)78-75-72-69-66-63-60-57-54-51-48-45-38-35-32-29-26-23-20-17-14-11-8-5-2/h8-9,11-12,16-21,25-30,34-38,40-41,47-48,51,55,57-58,60,86-88,92-93H,4-7,10,13-15,22-24,31-33,39,42-46,49-50,52-54,56,59,61-85H2,1-3H3,(H,97,98)(H,99,100)/b11-8-,12-9-,19-16-,20-17-,21-18-,28-25-,29-26-,30-27-,37-34-,38-35-,41-40-,47-36-,51-48-,58-55-,60-57-. The number of hydrogen-bond donors (Lipinski definition) is 4. The van der Waals surface area contributed by atoms with Gasteiger partial charge in [0.2, 0.25) is 0 Å². The molecule has 0 fully saturated rings. The average molecular weight is 1560 g/mol. The summed E-state index contributed by atoms with van der Waals surface area (Å²) in [6, 6.07) is 0. The zero-order valence-corrected chi connectivity index (χ0v) is 69.7. The highest BCUT2D eigenvalue weighted by molar-refractivity contribution is 7.47. The molecule has 16 nitrogen and oxygen atoms in total. The van der Waals surface area contributed by atoms with E-state index in [2.05, 4.69) is 203 Å². The highest BCUT2D eigenvalue weighted by Gasteiger charge is 2.29. The summed E-state index contributed by atoms with van der Waals surface area (Å²) in [5, 5.41) is 20.7. The predicted molar refractivity (Wildman–Crippen MR) is 454 cm³/mol. The third-order valence-corrected chi connectivity index (χ3v) is 19.0. The van der Waals surface area contributed by atoms with E-state index in [1.165, 1.54) is 83.5 Å². The van der Waals surface area contributed by atoms with Crippen LogP contribution >= 0.6 is 15.6 Å². The SMILES string of the molecule is CC/C=C\C/C=C\C/C=C\C/C=C\C/C=C\C/C=C\CCCCCCC(=O)OCC(COP(=O)(O)OCC(O)COP(=O)(O)OCC(O)COC(=O)CCCCCCCCCCCCCCC/C=C\C/C=C\C/C=C\C/C=C\CCCCC)OC(=O)CCCCCCC/C=C\C/C=C\C/C=C\C/C=C\C/C=C\CC. The number of esters is 3. The summed E-state index contributed by atoms with van der Waals surface area (Å²) in [6.07, 6.45) is 106. The van der Waals surface area contributed by atoms with Crippen LogP contribution in [0.25, 0.3) is 0 Å². The molecule has 0 spiro atoms. The number of phosphoric ester groups is 2. The summed E-state index contributed by atoms with van der Waals surface area (Å²) in [6.45, 7) is 2.37. The summed E-state index contributed by atoms with van der Waals surface area (Å²) < 4.78 is 61.3. The van der Waals surface area contributed by atoms with Gasteiger partial charge in [-0.2, -0.15) is 0 Å². The third-order valence-electron chi connectivity index (χ3n) is 17.1. The van der Waals surface area contributed by atoms with Gasteiger partial charge in [0.25, 0.3) is 0 Å². The van der Waals surface area contributed by atoms with E-state index in [0.29, 0.717) is 19.3 Å². The minimum Gasteiger partial charge on any atom is -0.463 e. The second-order valence-corrected chi connectivity index (χ2v) is 30.4. The molecule has 5 unspecified atom stereocenters. The topological polar surface area (TPSA) is 231 Å². The summed E-state index contributed by atoms with van der Waals surface area (Å²) in [4.78, 5) is 58.8. The number of carbonyl (C=O) groups excluding carboxylic acids is 3. The van der Waals surface area contributed by atoms with Crippen LogP contribution in [0.3, 0.4) is 0 Å². The minimum absolute atomic E-state index is 0.0688. The van der Waals surface area contributed by atoms with Crippen molar-refractivity contribution in [1.29, 1.82) is 0 Å². The lowest BCUT2D eigenvalue weighted by Gasteiger charge is -2.21. The lowest BCUT2D eigenvalue weighted by atomic mass is 10.0. The van der Waals surface area contributed by atoms with E-state index in [0.717, 1.165) is 173 Å². The fourth-order valence-electron chi connectivity index (χ4n) is 10.8. The van der Waals surface area contributed by atoms with Gasteiger partial charge in [0.05, 0.1) is 26.4 Å². The molecule has 0 aliphatic rings. The lowest BCUT2D eigenvalue weighted by molar-refractivity contribution is -0.161. The molecule has 0 aromatic carbocycles. The van der Waals surface area contributed by atoms with Gasteiger partial charge in [-0.1, -0.05) is 319 Å². The first-order valence-corrected chi connectivity index (χ1v) is 45.1. The number of aliphatic hydroxyl groups excluding tert-OH is 2. The highest BCUT2D eigenvalue weighted by atomic mass is 31.2. The van der Waals surface area contributed by atoms with Gasteiger partial charge in [0.15, 0.2) is 6.10 Å². The molecular weight excluding hydrogens is 1410 g/mol. The second-order valence-electron chi connectivity index (χ2n) is 27.5. The molecule has 18 heteroatoms. The minimum atomic E-state index is -4.96. The Morgan fingerprint density at radius 2 is 0.486 bits per heavy atom. The van der Waals surface area contributed by atoms with E-state index in [1.807, 2.05) is 0 Å². The number of aliphatic hydroxyl groups is 2. The molecule has 5 atom stereocenters. The zero-order chi connectivity index (χ0) is 79.4. The maximum absolute atomic E-state index is 13.0. The van der Waals surface area contributed by atoms with Crippen LogP contribution < -0.4 is 0 Å². The lowest BCUT2D eigenvalue weighted by Crippen LogP contribution is -2.30. The first-order chi connectivity index (χ1) is 53.2. The van der Waals surface area contributed by atoms with Crippen LogP contribution in [0, 0.1) is 0 Å². The second kappa shape index (κ2) is 82.1. The van der Waals surface area contributed by atoms with Crippen molar-refractivity contribution in [2.75, 3.05) is 39.6 Å². The Kier molecular flexibility index (Phi) is 78.1. The Bertz CT molecular complexity index is 2710. The molecule has 0 heterocycles. The number of ether oxygens (including phenoxy) is 3. The Morgan fingerprint density at radius 3 is 0.771 bits per heavy atom. The van der Waals surface area contributed by atoms with Gasteiger partial charge in [-0.3, -0.25) is 32.5 Å². The van der Waals surface area contributed by atoms with E-state index >= 15 is 0 Å². The maximum atomic E-state index is 13.0. The number of allylic oxidation sites excluding steroid dienone is 30. The number of phosphoric acid groups is 2. The molecule has 0 radical (unpaired) electrons. The molecule has 0 rings (SSSR count). The van der Waals surface area contributed by atoms with Crippen LogP contribution in [0.1, 0.15) is 316 Å². The largest absolute Gasteiger partial charge is 0.472 e. The van der Waals surface area contributed by atoms with E-state index in [1.54, 1.807) is 0 Å². The molecule has 0 aromatic rings. The molecule has 0 saturated carbocycles. The van der Waals surface area contributed by atoms with E-state index in [9.17, 15) is 43.5 Å². The molecule has 0 saturated heterocycles. The van der Waals surface area contributed by atoms with Crippen LogP contribution in [0.15, 0.2) is 182 Å². The van der Waals surface area contributed by atoms with Crippen molar-refractivity contribution in [3.05, 3.63) is 182 Å². The molecular formula is C91H150O16P2. The number of carbonyl (C=O) groups is 3. The maximum Gasteiger partial charge on any atom is 0.472 e. The van der Waals surface area contributed by atoms with Gasteiger partial charge >= 0.3 is 33.6 Å². The van der Waals surface area contributed by atoms with E-state index < -0.39 is 91.5 Å². The summed E-state index contributed by atoms with van der Waals surface area (Å²) in [7, 11) is -9.83. The first kappa shape index (κ1) is 104. The molecule has 4 N–H and O–H groups in total. The normalized spacial score (nSPS) is 14.8. The van der Waals surface area contributed by atoms with E-state index in [-0.39, 0.29) is 19.3 Å². The molecule has 0 amide bonds. The van der Waals surface area contributed by atoms with Crippen LogP contribution in [0.2, 0.25) is 0 Å². The van der Waals surface area contributed by atoms with Gasteiger partial charge in [0.1, 0.15) is 25.4 Å². The summed E-state index contributed by atoms with van der Waals surface area (Å²) in [5.41, 5.74) is 0. The van der Waals surface area contributed by atoms with Gasteiger partial charge < -0.3 is 34.2 Å². The van der Waals surface area contributed by atoms with Crippen LogP contribution in [-0.4, -0.2) is 95.9 Å². The number of hydrogen-bond acceptors (Lipinski definition) is 14. The van der Waals surface area contributed by atoms with E-state index in [4.69, 9.17) is 32.3 Å². The summed E-state index contributed by atoms with van der Waals surface area (Å²) >= 11 is 0. The van der Waals surface area contributed by atoms with Crippen LogP contribution in [-0.2, 0) is 55.8 Å². The van der Waals surface area contributed by atoms with Crippen molar-refractivity contribution >= 4 is 33.6 Å². The fraction of sp³-hybridized carbons (Fsp3) is 0.637. The smallest absolute Gasteiger partial charge is 0.463 e. The van der Waals surface area contributed by atoms with Crippen molar-refractivity contribution in [1.82, 2.24) is 0 Å². The Hall–Kier alpha value is -5.35. The average Bonchev–Trinajstić information content (AvgIpc) is 0.904. The number of rotatable bonds is 78. The molecule has 0 bridgehead atoms. The molecule has 109 heavy (non-hydrogen) atoms.